The molecule has 0 aliphatic rings. The normalized spacial score (nSPS) is 11.9. The van der Waals surface area contributed by atoms with E-state index in [1.807, 2.05) is 0 Å². The number of oxazole rings is 1. The summed E-state index contributed by atoms with van der Waals surface area (Å²) >= 11 is 0. The molecule has 0 aliphatic heterocycles. The number of hydrogen-bond acceptors (Lipinski definition) is 3. The number of halogens is 3. The molecule has 0 atom stereocenters. The van der Waals surface area contributed by atoms with Gasteiger partial charge in [-0.05, 0) is 30.3 Å². The van der Waals surface area contributed by atoms with Gasteiger partial charge in [-0.25, -0.2) is 4.98 Å². The van der Waals surface area contributed by atoms with E-state index in [1.54, 1.807) is 12.3 Å². The van der Waals surface area contributed by atoms with Crippen molar-refractivity contribution in [2.45, 2.75) is 6.18 Å². The summed E-state index contributed by atoms with van der Waals surface area (Å²) in [7, 11) is 0. The van der Waals surface area contributed by atoms with Crippen LogP contribution in [0.25, 0.3) is 22.6 Å². The molecular formula is C13H7F3N2O. The van der Waals surface area contributed by atoms with Gasteiger partial charge in [0.05, 0.1) is 11.8 Å². The van der Waals surface area contributed by atoms with Crippen LogP contribution in [0.4, 0.5) is 13.2 Å². The van der Waals surface area contributed by atoms with Crippen molar-refractivity contribution < 1.29 is 17.6 Å². The van der Waals surface area contributed by atoms with E-state index < -0.39 is 11.7 Å². The molecule has 0 bridgehead atoms. The zero-order valence-electron chi connectivity index (χ0n) is 9.48. The summed E-state index contributed by atoms with van der Waals surface area (Å²) in [4.78, 5) is 8.07. The molecule has 2 heterocycles. The Morgan fingerprint density at radius 3 is 2.37 bits per heavy atom. The Morgan fingerprint density at radius 1 is 1.00 bits per heavy atom. The minimum absolute atomic E-state index is 0.275. The molecule has 0 radical (unpaired) electrons. The van der Waals surface area contributed by atoms with Gasteiger partial charge in [0.2, 0.25) is 5.89 Å². The van der Waals surface area contributed by atoms with Gasteiger partial charge in [-0.2, -0.15) is 13.2 Å². The first-order chi connectivity index (χ1) is 9.04. The second-order valence-corrected chi connectivity index (χ2v) is 3.94. The third-order valence-electron chi connectivity index (χ3n) is 2.65. The number of aromatic nitrogens is 2. The van der Waals surface area contributed by atoms with Crippen molar-refractivity contribution in [1.29, 1.82) is 0 Å². The van der Waals surface area contributed by atoms with Crippen molar-refractivity contribution in [3.05, 3.63) is 48.3 Å². The highest BCUT2D eigenvalue weighted by atomic mass is 19.4. The molecule has 3 aromatic rings. The summed E-state index contributed by atoms with van der Waals surface area (Å²) in [5.41, 5.74) is 0.903. The van der Waals surface area contributed by atoms with Gasteiger partial charge in [0.25, 0.3) is 0 Å². The van der Waals surface area contributed by atoms with Gasteiger partial charge in [0.1, 0.15) is 5.52 Å². The third kappa shape index (κ3) is 2.16. The second kappa shape index (κ2) is 4.08. The van der Waals surface area contributed by atoms with Crippen LogP contribution in [0.1, 0.15) is 5.56 Å². The minimum Gasteiger partial charge on any atom is -0.434 e. The summed E-state index contributed by atoms with van der Waals surface area (Å²) in [5.74, 6) is 0.275. The van der Waals surface area contributed by atoms with Crippen molar-refractivity contribution in [3.63, 3.8) is 0 Å². The van der Waals surface area contributed by atoms with E-state index in [0.717, 1.165) is 12.1 Å². The predicted molar refractivity (Wildman–Crippen MR) is 62.2 cm³/mol. The molecule has 0 aliphatic carbocycles. The average molecular weight is 264 g/mol. The van der Waals surface area contributed by atoms with Gasteiger partial charge in [-0.15, -0.1) is 0 Å². The van der Waals surface area contributed by atoms with Crippen LogP contribution in [-0.4, -0.2) is 9.97 Å². The van der Waals surface area contributed by atoms with Crippen LogP contribution < -0.4 is 0 Å². The Kier molecular flexibility index (Phi) is 2.51. The van der Waals surface area contributed by atoms with Gasteiger partial charge < -0.3 is 4.42 Å². The van der Waals surface area contributed by atoms with E-state index >= 15 is 0 Å². The lowest BCUT2D eigenvalue weighted by atomic mass is 10.1. The van der Waals surface area contributed by atoms with Crippen LogP contribution in [-0.2, 0) is 6.18 Å². The molecule has 96 valence electrons. The first-order valence-electron chi connectivity index (χ1n) is 5.42. The predicted octanol–water partition coefficient (Wildman–Crippen LogP) is 3.91. The number of rotatable bonds is 1. The fourth-order valence-electron chi connectivity index (χ4n) is 1.71. The van der Waals surface area contributed by atoms with E-state index in [2.05, 4.69) is 9.97 Å². The lowest BCUT2D eigenvalue weighted by Crippen LogP contribution is -2.03. The van der Waals surface area contributed by atoms with Crippen LogP contribution in [0.2, 0.25) is 0 Å². The highest BCUT2D eigenvalue weighted by molar-refractivity contribution is 5.74. The van der Waals surface area contributed by atoms with E-state index in [0.29, 0.717) is 16.7 Å². The molecule has 0 amide bonds. The maximum atomic E-state index is 12.4. The third-order valence-corrected chi connectivity index (χ3v) is 2.65. The SMILES string of the molecule is FC(F)(F)c1ccc(-c2nc3ccncc3o2)cc1. The average Bonchev–Trinajstić information content (AvgIpc) is 2.81. The molecule has 3 rings (SSSR count). The largest absolute Gasteiger partial charge is 0.434 e. The minimum atomic E-state index is -4.34. The van der Waals surface area contributed by atoms with Gasteiger partial charge in [0, 0.05) is 11.8 Å². The highest BCUT2D eigenvalue weighted by Gasteiger charge is 2.30. The lowest BCUT2D eigenvalue weighted by molar-refractivity contribution is -0.137. The van der Waals surface area contributed by atoms with Crippen molar-refractivity contribution in [2.75, 3.05) is 0 Å². The van der Waals surface area contributed by atoms with Gasteiger partial charge in [0.15, 0.2) is 5.58 Å². The zero-order valence-corrected chi connectivity index (χ0v) is 9.48. The first-order valence-corrected chi connectivity index (χ1v) is 5.42. The molecule has 1 aromatic carbocycles. The summed E-state index contributed by atoms with van der Waals surface area (Å²) in [6, 6.07) is 6.35. The first kappa shape index (κ1) is 11.7. The maximum absolute atomic E-state index is 12.4. The molecule has 0 saturated carbocycles. The topological polar surface area (TPSA) is 38.9 Å². The molecule has 6 heteroatoms. The number of hydrogen-bond donors (Lipinski definition) is 0. The Bertz CT molecular complexity index is 684. The molecule has 19 heavy (non-hydrogen) atoms. The zero-order chi connectivity index (χ0) is 13.5. The summed E-state index contributed by atoms with van der Waals surface area (Å²) in [5, 5.41) is 0. The molecule has 0 saturated heterocycles. The molecule has 3 nitrogen and oxygen atoms in total. The van der Waals surface area contributed by atoms with Gasteiger partial charge >= 0.3 is 6.18 Å². The molecule has 2 aromatic heterocycles. The fourth-order valence-corrected chi connectivity index (χ4v) is 1.71. The van der Waals surface area contributed by atoms with Crippen LogP contribution in [0.5, 0.6) is 0 Å². The monoisotopic (exact) mass is 264 g/mol. The van der Waals surface area contributed by atoms with Crippen LogP contribution in [0.15, 0.2) is 47.1 Å². The van der Waals surface area contributed by atoms with E-state index in [-0.39, 0.29) is 5.89 Å². The van der Waals surface area contributed by atoms with Crippen molar-refractivity contribution in [1.82, 2.24) is 9.97 Å². The Labute approximate surface area is 105 Å². The Morgan fingerprint density at radius 2 is 1.74 bits per heavy atom. The van der Waals surface area contributed by atoms with Crippen LogP contribution in [0, 0.1) is 0 Å². The lowest BCUT2D eigenvalue weighted by Gasteiger charge is -2.05. The summed E-state index contributed by atoms with van der Waals surface area (Å²) in [6.07, 6.45) is -1.26. The molecule has 0 fully saturated rings. The van der Waals surface area contributed by atoms with E-state index in [9.17, 15) is 13.2 Å². The maximum Gasteiger partial charge on any atom is 0.416 e. The molecule has 0 unspecified atom stereocenters. The van der Waals surface area contributed by atoms with E-state index in [1.165, 1.54) is 18.3 Å². The van der Waals surface area contributed by atoms with Crippen molar-refractivity contribution >= 4 is 11.1 Å². The standard InChI is InChI=1S/C13H7F3N2O/c14-13(15,16)9-3-1-8(2-4-9)12-18-10-5-6-17-7-11(10)19-12/h1-7H. The van der Waals surface area contributed by atoms with Crippen molar-refractivity contribution in [3.8, 4) is 11.5 Å². The van der Waals surface area contributed by atoms with Crippen LogP contribution in [0.3, 0.4) is 0 Å². The smallest absolute Gasteiger partial charge is 0.416 e. The quantitative estimate of drug-likeness (QED) is 0.669. The number of fused-ring (bicyclic) bond motifs is 1. The second-order valence-electron chi connectivity index (χ2n) is 3.94. The number of benzene rings is 1. The molecule has 0 N–H and O–H groups in total. The van der Waals surface area contributed by atoms with Gasteiger partial charge in [-0.1, -0.05) is 0 Å². The number of alkyl halides is 3. The van der Waals surface area contributed by atoms with E-state index in [4.69, 9.17) is 4.42 Å². The Balaban J connectivity index is 2.02. The van der Waals surface area contributed by atoms with Crippen molar-refractivity contribution in [2.24, 2.45) is 0 Å². The molecule has 0 spiro atoms. The van der Waals surface area contributed by atoms with Gasteiger partial charge in [-0.3, -0.25) is 4.98 Å². The highest BCUT2D eigenvalue weighted by Crippen LogP contribution is 2.31. The summed E-state index contributed by atoms with van der Waals surface area (Å²) < 4.78 is 42.8. The number of pyridine rings is 1. The fraction of sp³-hybridized carbons (Fsp3) is 0.0769. The summed E-state index contributed by atoms with van der Waals surface area (Å²) in [6.45, 7) is 0. The Hall–Kier alpha value is -2.37. The van der Waals surface area contributed by atoms with Crippen LogP contribution >= 0.6 is 0 Å². The number of nitrogens with zero attached hydrogens (tertiary/aromatic N) is 2. The molecular weight excluding hydrogens is 257 g/mol.